The number of nitrogens with zero attached hydrogens (tertiary/aromatic N) is 4. The van der Waals surface area contributed by atoms with Crippen LogP contribution in [0.15, 0.2) is 18.3 Å². The van der Waals surface area contributed by atoms with Gasteiger partial charge in [-0.15, -0.1) is 0 Å². The highest BCUT2D eigenvalue weighted by atomic mass is 19.1. The highest BCUT2D eigenvalue weighted by Crippen LogP contribution is 2.33. The molecule has 0 bridgehead atoms. The molecule has 0 aliphatic heterocycles. The Hall–Kier alpha value is -3.41. The van der Waals surface area contributed by atoms with Crippen molar-refractivity contribution in [3.63, 3.8) is 0 Å². The van der Waals surface area contributed by atoms with Gasteiger partial charge in [0, 0.05) is 30.6 Å². The van der Waals surface area contributed by atoms with Gasteiger partial charge in [-0.25, -0.2) is 23.1 Å². The number of benzene rings is 1. The highest BCUT2D eigenvalue weighted by Gasteiger charge is 2.27. The fourth-order valence-electron chi connectivity index (χ4n) is 4.18. The summed E-state index contributed by atoms with van der Waals surface area (Å²) in [6.45, 7) is 2.05. The van der Waals surface area contributed by atoms with Crippen molar-refractivity contribution in [3.8, 4) is 0 Å². The molecule has 4 rings (SSSR count). The number of fused-ring (bicyclic) bond motifs is 1. The van der Waals surface area contributed by atoms with Crippen LogP contribution in [-0.2, 0) is 11.3 Å². The topological polar surface area (TPSA) is 131 Å². The Bertz CT molecular complexity index is 1170. The van der Waals surface area contributed by atoms with Gasteiger partial charge in [0.15, 0.2) is 17.3 Å². The second-order valence-corrected chi connectivity index (χ2v) is 8.67. The van der Waals surface area contributed by atoms with Gasteiger partial charge < -0.3 is 21.5 Å². The van der Waals surface area contributed by atoms with Crippen LogP contribution in [0.4, 0.5) is 30.8 Å². The van der Waals surface area contributed by atoms with E-state index in [-0.39, 0.29) is 42.3 Å². The van der Waals surface area contributed by atoms with E-state index in [0.29, 0.717) is 42.7 Å². The molecule has 0 radical (unpaired) electrons. The molecule has 12 heteroatoms. The van der Waals surface area contributed by atoms with Crippen molar-refractivity contribution >= 4 is 34.7 Å². The molecule has 5 N–H and O–H groups in total. The van der Waals surface area contributed by atoms with Gasteiger partial charge in [0.1, 0.15) is 17.0 Å². The average Bonchev–Trinajstić information content (AvgIpc) is 3.12. The monoisotopic (exact) mass is 477 g/mol. The van der Waals surface area contributed by atoms with Gasteiger partial charge in [-0.05, 0) is 38.5 Å². The lowest BCUT2D eigenvalue weighted by Crippen LogP contribution is -2.29. The van der Waals surface area contributed by atoms with Crippen LogP contribution < -0.4 is 16.4 Å². The predicted octanol–water partition coefficient (Wildman–Crippen LogP) is 3.07. The number of rotatable bonds is 8. The van der Waals surface area contributed by atoms with Gasteiger partial charge in [-0.3, -0.25) is 9.36 Å². The maximum atomic E-state index is 14.3. The van der Waals surface area contributed by atoms with E-state index >= 15 is 0 Å². The number of carbonyl (C=O) groups excluding carboxylic acids is 1. The molecule has 9 nitrogen and oxygen atoms in total. The number of hydrogen-bond acceptors (Lipinski definition) is 7. The third kappa shape index (κ3) is 5.06. The summed E-state index contributed by atoms with van der Waals surface area (Å²) in [5.74, 6) is -3.14. The third-order valence-electron chi connectivity index (χ3n) is 6.07. The number of halogens is 3. The second kappa shape index (κ2) is 9.84. The third-order valence-corrected chi connectivity index (χ3v) is 6.07. The van der Waals surface area contributed by atoms with E-state index in [1.807, 2.05) is 0 Å². The van der Waals surface area contributed by atoms with Crippen LogP contribution in [0.25, 0.3) is 11.2 Å². The Balaban J connectivity index is 1.70. The lowest BCUT2D eigenvalue weighted by molar-refractivity contribution is -0.123. The van der Waals surface area contributed by atoms with Gasteiger partial charge in [0.2, 0.25) is 17.8 Å². The van der Waals surface area contributed by atoms with E-state index in [2.05, 4.69) is 25.6 Å². The first-order valence-corrected chi connectivity index (χ1v) is 11.1. The van der Waals surface area contributed by atoms with Gasteiger partial charge in [-0.2, -0.15) is 4.98 Å². The molecule has 1 atom stereocenters. The molecule has 0 spiro atoms. The number of primary amides is 1. The van der Waals surface area contributed by atoms with E-state index in [1.165, 1.54) is 6.20 Å². The minimum absolute atomic E-state index is 0.123. The van der Waals surface area contributed by atoms with Gasteiger partial charge in [0.25, 0.3) is 0 Å². The zero-order valence-corrected chi connectivity index (χ0v) is 18.6. The second-order valence-electron chi connectivity index (χ2n) is 8.67. The number of aliphatic hydroxyl groups excluding tert-OH is 1. The van der Waals surface area contributed by atoms with E-state index in [1.54, 1.807) is 11.5 Å². The zero-order valence-electron chi connectivity index (χ0n) is 18.6. The normalized spacial score (nSPS) is 19.2. The quantitative estimate of drug-likeness (QED) is 0.392. The minimum Gasteiger partial charge on any atom is -0.394 e. The van der Waals surface area contributed by atoms with Crippen molar-refractivity contribution in [2.45, 2.75) is 45.2 Å². The predicted molar refractivity (Wildman–Crippen MR) is 120 cm³/mol. The summed E-state index contributed by atoms with van der Waals surface area (Å²) in [5, 5.41) is 14.9. The fraction of sp³-hybridized carbons (Fsp3) is 0.455. The van der Waals surface area contributed by atoms with Crippen LogP contribution in [-0.4, -0.2) is 43.2 Å². The molecule has 2 aromatic heterocycles. The molecule has 182 valence electrons. The molecular formula is C22H26F3N7O2. The van der Waals surface area contributed by atoms with Crippen LogP contribution in [0.5, 0.6) is 0 Å². The number of nitrogens with two attached hydrogens (primary N) is 1. The fourth-order valence-corrected chi connectivity index (χ4v) is 4.18. The van der Waals surface area contributed by atoms with Gasteiger partial charge in [-0.1, -0.05) is 0 Å². The first-order valence-electron chi connectivity index (χ1n) is 11.1. The molecule has 1 saturated carbocycles. The lowest BCUT2D eigenvalue weighted by atomic mass is 9.81. The Kier molecular flexibility index (Phi) is 6.87. The molecule has 2 heterocycles. The molecule has 1 aliphatic rings. The highest BCUT2D eigenvalue weighted by molar-refractivity contribution is 5.77. The summed E-state index contributed by atoms with van der Waals surface area (Å²) in [5.41, 5.74) is 5.71. The average molecular weight is 477 g/mol. The number of hydrogen-bond donors (Lipinski definition) is 4. The first kappa shape index (κ1) is 23.7. The van der Waals surface area contributed by atoms with Crippen LogP contribution in [0.2, 0.25) is 0 Å². The number of anilines is 3. The van der Waals surface area contributed by atoms with E-state index in [0.717, 1.165) is 12.8 Å². The van der Waals surface area contributed by atoms with E-state index < -0.39 is 23.1 Å². The van der Waals surface area contributed by atoms with Crippen LogP contribution >= 0.6 is 0 Å². The van der Waals surface area contributed by atoms with Crippen LogP contribution in [0.1, 0.15) is 32.6 Å². The maximum Gasteiger partial charge on any atom is 0.225 e. The standard InChI is InChI=1S/C22H26F3N7O2/c1-11(10-33)28-21-27-8-17-20(31-21)32(9-12-2-4-13(5-3-12)19(26)34)22(29-17)30-18-15(24)6-14(23)7-16(18)25/h6-8,11-13,33H,2-5,9-10H2,1H3,(H2,26,34)(H,29,30)(H,27,28,31)/t11-,12?,13?/m0/s1. The summed E-state index contributed by atoms with van der Waals surface area (Å²) in [4.78, 5) is 24.6. The smallest absolute Gasteiger partial charge is 0.225 e. The van der Waals surface area contributed by atoms with E-state index in [4.69, 9.17) is 5.73 Å². The molecular weight excluding hydrogens is 451 g/mol. The maximum absolute atomic E-state index is 14.3. The van der Waals surface area contributed by atoms with Crippen LogP contribution in [0.3, 0.4) is 0 Å². The Morgan fingerprint density at radius 3 is 2.50 bits per heavy atom. The summed E-state index contributed by atoms with van der Waals surface area (Å²) in [6, 6.07) is 0.876. The number of amides is 1. The van der Waals surface area contributed by atoms with Crippen molar-refractivity contribution in [1.29, 1.82) is 0 Å². The molecule has 1 fully saturated rings. The summed E-state index contributed by atoms with van der Waals surface area (Å²) < 4.78 is 43.7. The first-order chi connectivity index (χ1) is 16.2. The molecule has 3 aromatic rings. The Morgan fingerprint density at radius 1 is 1.21 bits per heavy atom. The molecule has 0 unspecified atom stereocenters. The summed E-state index contributed by atoms with van der Waals surface area (Å²) in [7, 11) is 0. The minimum atomic E-state index is -1.09. The molecule has 1 aliphatic carbocycles. The largest absolute Gasteiger partial charge is 0.394 e. The molecule has 34 heavy (non-hydrogen) atoms. The summed E-state index contributed by atoms with van der Waals surface area (Å²) in [6.07, 6.45) is 4.27. The summed E-state index contributed by atoms with van der Waals surface area (Å²) >= 11 is 0. The van der Waals surface area contributed by atoms with Gasteiger partial charge in [0.05, 0.1) is 12.8 Å². The van der Waals surface area contributed by atoms with Crippen molar-refractivity contribution in [2.75, 3.05) is 17.2 Å². The van der Waals surface area contributed by atoms with Crippen molar-refractivity contribution in [3.05, 3.63) is 35.8 Å². The molecule has 1 amide bonds. The number of imidazole rings is 1. The van der Waals surface area contributed by atoms with Crippen molar-refractivity contribution in [2.24, 2.45) is 17.6 Å². The van der Waals surface area contributed by atoms with E-state index in [9.17, 15) is 23.1 Å². The Labute approximate surface area is 193 Å². The molecule has 0 saturated heterocycles. The van der Waals surface area contributed by atoms with Crippen molar-refractivity contribution < 1.29 is 23.1 Å². The lowest BCUT2D eigenvalue weighted by Gasteiger charge is -2.27. The number of nitrogens with one attached hydrogen (secondary N) is 2. The zero-order chi connectivity index (χ0) is 24.4. The number of carbonyl (C=O) groups is 1. The number of aromatic nitrogens is 4. The van der Waals surface area contributed by atoms with Gasteiger partial charge >= 0.3 is 0 Å². The van der Waals surface area contributed by atoms with Crippen LogP contribution in [0, 0.1) is 29.3 Å². The number of aliphatic hydroxyl groups is 1. The van der Waals surface area contributed by atoms with Crippen molar-refractivity contribution in [1.82, 2.24) is 19.5 Å². The molecule has 1 aromatic carbocycles. The Morgan fingerprint density at radius 2 is 1.88 bits per heavy atom. The SMILES string of the molecule is C[C@@H](CO)Nc1ncc2nc(Nc3c(F)cc(F)cc3F)n(CC3CCC(C(N)=O)CC3)c2n1.